The third kappa shape index (κ3) is 4.61. The molecule has 154 valence electrons. The summed E-state index contributed by atoms with van der Waals surface area (Å²) < 4.78 is 48.9. The van der Waals surface area contributed by atoms with Crippen LogP contribution in [0.1, 0.15) is 19.3 Å². The van der Waals surface area contributed by atoms with Gasteiger partial charge < -0.3 is 14.4 Å². The first-order valence-electron chi connectivity index (χ1n) is 9.43. The molecular weight excluding hydrogens is 385 g/mol. The highest BCUT2D eigenvalue weighted by atomic mass is 19.4. The fraction of sp³-hybridized carbons (Fsp3) is 0.400. The molecule has 0 radical (unpaired) electrons. The van der Waals surface area contributed by atoms with Gasteiger partial charge in [-0.15, -0.1) is 18.3 Å². The zero-order valence-corrected chi connectivity index (χ0v) is 15.9. The Kier molecular flexibility index (Phi) is 5.31. The van der Waals surface area contributed by atoms with Gasteiger partial charge in [-0.3, -0.25) is 0 Å². The van der Waals surface area contributed by atoms with E-state index in [4.69, 9.17) is 4.74 Å². The van der Waals surface area contributed by atoms with Crippen molar-refractivity contribution in [1.29, 1.82) is 0 Å². The SMILES string of the molecule is CN1CCCC1CCOc1ccc2ncc(-c3cccc(OC(F)(F)F)c3)n2n1. The molecule has 0 saturated carbocycles. The third-order valence-corrected chi connectivity index (χ3v) is 5.07. The van der Waals surface area contributed by atoms with Crippen LogP contribution in [0, 0.1) is 0 Å². The van der Waals surface area contributed by atoms with Gasteiger partial charge in [-0.05, 0) is 51.1 Å². The molecule has 0 amide bonds. The summed E-state index contributed by atoms with van der Waals surface area (Å²) in [6.07, 6.45) is 0.121. The molecule has 0 spiro atoms. The van der Waals surface area contributed by atoms with Gasteiger partial charge in [-0.2, -0.15) is 0 Å². The minimum absolute atomic E-state index is 0.293. The van der Waals surface area contributed by atoms with Gasteiger partial charge >= 0.3 is 6.36 Å². The van der Waals surface area contributed by atoms with Crippen LogP contribution in [0.15, 0.2) is 42.6 Å². The summed E-state index contributed by atoms with van der Waals surface area (Å²) >= 11 is 0. The molecule has 1 atom stereocenters. The number of halogens is 3. The van der Waals surface area contributed by atoms with Crippen LogP contribution < -0.4 is 9.47 Å². The van der Waals surface area contributed by atoms with E-state index >= 15 is 0 Å². The van der Waals surface area contributed by atoms with Gasteiger partial charge in [0.25, 0.3) is 0 Å². The number of rotatable bonds is 6. The number of benzene rings is 1. The summed E-state index contributed by atoms with van der Waals surface area (Å²) in [7, 11) is 2.12. The largest absolute Gasteiger partial charge is 0.573 e. The average Bonchev–Trinajstić information content (AvgIpc) is 3.26. The molecule has 9 heteroatoms. The van der Waals surface area contributed by atoms with Gasteiger partial charge in [-0.1, -0.05) is 12.1 Å². The predicted octanol–water partition coefficient (Wildman–Crippen LogP) is 4.16. The van der Waals surface area contributed by atoms with E-state index in [-0.39, 0.29) is 5.75 Å². The highest BCUT2D eigenvalue weighted by molar-refractivity contribution is 5.64. The van der Waals surface area contributed by atoms with Gasteiger partial charge in [-0.25, -0.2) is 9.50 Å². The molecule has 3 aromatic rings. The minimum Gasteiger partial charge on any atom is -0.477 e. The van der Waals surface area contributed by atoms with Crippen molar-refractivity contribution < 1.29 is 22.6 Å². The van der Waals surface area contributed by atoms with Crippen LogP contribution in [0.2, 0.25) is 0 Å². The number of ether oxygens (including phenoxy) is 2. The van der Waals surface area contributed by atoms with Crippen LogP contribution in [-0.4, -0.2) is 52.1 Å². The first-order valence-corrected chi connectivity index (χ1v) is 9.43. The zero-order chi connectivity index (χ0) is 20.4. The Hall–Kier alpha value is -2.81. The molecule has 3 heterocycles. The van der Waals surface area contributed by atoms with Crippen molar-refractivity contribution in [3.8, 4) is 22.9 Å². The summed E-state index contributed by atoms with van der Waals surface area (Å²) in [5.41, 5.74) is 1.63. The number of alkyl halides is 3. The van der Waals surface area contributed by atoms with Crippen molar-refractivity contribution in [1.82, 2.24) is 19.5 Å². The maximum atomic E-state index is 12.5. The number of imidazole rings is 1. The third-order valence-electron chi connectivity index (χ3n) is 5.07. The van der Waals surface area contributed by atoms with Crippen LogP contribution >= 0.6 is 0 Å². The lowest BCUT2D eigenvalue weighted by Gasteiger charge is -2.19. The van der Waals surface area contributed by atoms with Gasteiger partial charge in [0.1, 0.15) is 5.75 Å². The highest BCUT2D eigenvalue weighted by Crippen LogP contribution is 2.28. The summed E-state index contributed by atoms with van der Waals surface area (Å²) in [5, 5.41) is 4.45. The van der Waals surface area contributed by atoms with E-state index in [1.54, 1.807) is 28.9 Å². The molecule has 1 unspecified atom stereocenters. The number of fused-ring (bicyclic) bond motifs is 1. The lowest BCUT2D eigenvalue weighted by Crippen LogP contribution is -2.26. The van der Waals surface area contributed by atoms with E-state index < -0.39 is 6.36 Å². The van der Waals surface area contributed by atoms with Crippen LogP contribution in [0.5, 0.6) is 11.6 Å². The first-order chi connectivity index (χ1) is 13.9. The smallest absolute Gasteiger partial charge is 0.477 e. The van der Waals surface area contributed by atoms with E-state index in [1.165, 1.54) is 31.0 Å². The summed E-state index contributed by atoms with van der Waals surface area (Å²) in [6, 6.07) is 9.77. The summed E-state index contributed by atoms with van der Waals surface area (Å²) in [6.45, 7) is 1.66. The Morgan fingerprint density at radius 2 is 2.07 bits per heavy atom. The number of hydrogen-bond acceptors (Lipinski definition) is 5. The normalized spacial score (nSPS) is 17.7. The second-order valence-electron chi connectivity index (χ2n) is 7.07. The lowest BCUT2D eigenvalue weighted by molar-refractivity contribution is -0.274. The molecule has 6 nitrogen and oxygen atoms in total. The number of likely N-dealkylation sites (tertiary alicyclic amines) is 1. The van der Waals surface area contributed by atoms with Crippen LogP contribution in [0.25, 0.3) is 16.9 Å². The molecule has 0 aliphatic carbocycles. The number of aromatic nitrogens is 3. The fourth-order valence-electron chi connectivity index (χ4n) is 3.63. The Bertz CT molecular complexity index is 989. The molecule has 1 aromatic carbocycles. The van der Waals surface area contributed by atoms with E-state index in [2.05, 4.69) is 26.8 Å². The second-order valence-corrected chi connectivity index (χ2v) is 7.07. The van der Waals surface area contributed by atoms with Gasteiger partial charge in [0.05, 0.1) is 18.5 Å². The predicted molar refractivity (Wildman–Crippen MR) is 101 cm³/mol. The van der Waals surface area contributed by atoms with Crippen molar-refractivity contribution >= 4 is 5.65 Å². The molecule has 1 aliphatic rings. The second kappa shape index (κ2) is 7.90. The maximum Gasteiger partial charge on any atom is 0.573 e. The van der Waals surface area contributed by atoms with Crippen molar-refractivity contribution in [2.75, 3.05) is 20.2 Å². The van der Waals surface area contributed by atoms with Crippen molar-refractivity contribution in [3.63, 3.8) is 0 Å². The van der Waals surface area contributed by atoms with E-state index in [1.807, 2.05) is 0 Å². The topological polar surface area (TPSA) is 51.9 Å². The van der Waals surface area contributed by atoms with Crippen LogP contribution in [-0.2, 0) is 0 Å². The van der Waals surface area contributed by atoms with Crippen LogP contribution in [0.3, 0.4) is 0 Å². The molecule has 29 heavy (non-hydrogen) atoms. The fourth-order valence-corrected chi connectivity index (χ4v) is 3.63. The van der Waals surface area contributed by atoms with Gasteiger partial charge in [0.2, 0.25) is 5.88 Å². The molecule has 0 bridgehead atoms. The van der Waals surface area contributed by atoms with Crippen molar-refractivity contribution in [2.24, 2.45) is 0 Å². The molecule has 0 N–H and O–H groups in total. The van der Waals surface area contributed by atoms with Gasteiger partial charge in [0, 0.05) is 17.7 Å². The standard InChI is InChI=1S/C20H21F3N4O2/c1-26-10-3-5-15(26)9-11-28-19-8-7-18-24-13-17(27(18)25-19)14-4-2-6-16(12-14)29-20(21,22)23/h2,4,6-8,12-13,15H,3,5,9-11H2,1H3. The van der Waals surface area contributed by atoms with E-state index in [0.29, 0.717) is 35.4 Å². The van der Waals surface area contributed by atoms with E-state index in [9.17, 15) is 13.2 Å². The average molecular weight is 406 g/mol. The summed E-state index contributed by atoms with van der Waals surface area (Å²) in [5.74, 6) is 0.151. The number of nitrogens with zero attached hydrogens (tertiary/aromatic N) is 4. The molecular formula is C20H21F3N4O2. The lowest BCUT2D eigenvalue weighted by atomic mass is 10.1. The monoisotopic (exact) mass is 406 g/mol. The minimum atomic E-state index is -4.75. The molecule has 1 saturated heterocycles. The Balaban J connectivity index is 1.52. The van der Waals surface area contributed by atoms with Crippen LogP contribution in [0.4, 0.5) is 13.2 Å². The molecule has 2 aromatic heterocycles. The Morgan fingerprint density at radius 3 is 2.83 bits per heavy atom. The molecule has 4 rings (SSSR count). The summed E-state index contributed by atoms with van der Waals surface area (Å²) in [4.78, 5) is 6.61. The molecule has 1 fully saturated rings. The highest BCUT2D eigenvalue weighted by Gasteiger charge is 2.31. The number of hydrogen-bond donors (Lipinski definition) is 0. The first kappa shape index (κ1) is 19.5. The molecule has 1 aliphatic heterocycles. The zero-order valence-electron chi connectivity index (χ0n) is 15.9. The van der Waals surface area contributed by atoms with Gasteiger partial charge in [0.15, 0.2) is 5.65 Å². The maximum absolute atomic E-state index is 12.5. The van der Waals surface area contributed by atoms with Crippen molar-refractivity contribution in [3.05, 3.63) is 42.6 Å². The quantitative estimate of drug-likeness (QED) is 0.615. The van der Waals surface area contributed by atoms with Crippen molar-refractivity contribution in [2.45, 2.75) is 31.7 Å². The Labute approximate surface area is 165 Å². The van der Waals surface area contributed by atoms with E-state index in [0.717, 1.165) is 13.0 Å². The Morgan fingerprint density at radius 1 is 1.21 bits per heavy atom.